The minimum absolute atomic E-state index is 0.0954. The fraction of sp³-hybridized carbons (Fsp3) is 0.344. The number of rotatable bonds is 6. The van der Waals surface area contributed by atoms with Crippen molar-refractivity contribution in [2.75, 3.05) is 50.7 Å². The van der Waals surface area contributed by atoms with Crippen LogP contribution in [0.1, 0.15) is 35.3 Å². The number of methoxy groups -OCH3 is 1. The van der Waals surface area contributed by atoms with Crippen LogP contribution in [0.4, 0.5) is 16.2 Å². The Morgan fingerprint density at radius 3 is 2.38 bits per heavy atom. The van der Waals surface area contributed by atoms with Crippen LogP contribution < -0.4 is 19.7 Å². The summed E-state index contributed by atoms with van der Waals surface area (Å²) >= 11 is 0. The lowest BCUT2D eigenvalue weighted by atomic mass is 9.91. The molecule has 0 aromatic heterocycles. The zero-order valence-corrected chi connectivity index (χ0v) is 24.5. The number of nitrogens with zero attached hydrogens (tertiary/aromatic N) is 2. The SMILES string of the molecule is COc1cc(OC(=O)N2CCOCC2)ccc1-c1ccc2c(c1COC(=O)c1ccc(C)cc1)N(C)C(=O)C(C)(C)N2. The third-order valence-corrected chi connectivity index (χ3v) is 7.48. The van der Waals surface area contributed by atoms with Crippen LogP contribution >= 0.6 is 0 Å². The molecule has 0 radical (unpaired) electrons. The topological polar surface area (TPSA) is 107 Å². The second kappa shape index (κ2) is 11.7. The molecule has 1 N–H and O–H groups in total. The summed E-state index contributed by atoms with van der Waals surface area (Å²) in [6.07, 6.45) is -0.459. The van der Waals surface area contributed by atoms with Gasteiger partial charge < -0.3 is 34.1 Å². The zero-order valence-electron chi connectivity index (χ0n) is 24.5. The number of hydrogen-bond acceptors (Lipinski definition) is 8. The van der Waals surface area contributed by atoms with E-state index in [-0.39, 0.29) is 12.5 Å². The summed E-state index contributed by atoms with van der Waals surface area (Å²) in [6, 6.07) is 16.1. The highest BCUT2D eigenvalue weighted by atomic mass is 16.6. The number of likely N-dealkylation sites (N-methyl/N-ethyl adjacent to an activating group) is 1. The van der Waals surface area contributed by atoms with E-state index in [2.05, 4.69) is 5.32 Å². The van der Waals surface area contributed by atoms with Crippen molar-refractivity contribution in [3.63, 3.8) is 0 Å². The molecule has 0 aliphatic carbocycles. The molecule has 220 valence electrons. The first-order valence-corrected chi connectivity index (χ1v) is 13.8. The van der Waals surface area contributed by atoms with E-state index in [1.807, 2.05) is 45.0 Å². The van der Waals surface area contributed by atoms with Gasteiger partial charge in [-0.25, -0.2) is 9.59 Å². The third-order valence-electron chi connectivity index (χ3n) is 7.48. The predicted octanol–water partition coefficient (Wildman–Crippen LogP) is 5.03. The predicted molar refractivity (Wildman–Crippen MR) is 158 cm³/mol. The van der Waals surface area contributed by atoms with Gasteiger partial charge in [-0.1, -0.05) is 23.8 Å². The molecule has 0 spiro atoms. The Kier molecular flexibility index (Phi) is 8.08. The van der Waals surface area contributed by atoms with Crippen molar-refractivity contribution in [1.82, 2.24) is 4.90 Å². The van der Waals surface area contributed by atoms with Gasteiger partial charge in [0.05, 0.1) is 37.3 Å². The smallest absolute Gasteiger partial charge is 0.415 e. The fourth-order valence-electron chi connectivity index (χ4n) is 5.21. The number of morpholine rings is 1. The van der Waals surface area contributed by atoms with Crippen molar-refractivity contribution < 1.29 is 33.3 Å². The summed E-state index contributed by atoms with van der Waals surface area (Å²) in [6.45, 7) is 7.35. The van der Waals surface area contributed by atoms with Crippen LogP contribution in [-0.4, -0.2) is 68.9 Å². The van der Waals surface area contributed by atoms with Crippen molar-refractivity contribution in [3.8, 4) is 22.6 Å². The van der Waals surface area contributed by atoms with Crippen molar-refractivity contribution in [3.05, 3.63) is 71.3 Å². The van der Waals surface area contributed by atoms with E-state index >= 15 is 0 Å². The molecule has 0 bridgehead atoms. The summed E-state index contributed by atoms with van der Waals surface area (Å²) in [7, 11) is 3.24. The Morgan fingerprint density at radius 1 is 1.00 bits per heavy atom. The van der Waals surface area contributed by atoms with E-state index in [1.165, 1.54) is 7.11 Å². The highest BCUT2D eigenvalue weighted by Gasteiger charge is 2.39. The van der Waals surface area contributed by atoms with Crippen molar-refractivity contribution in [2.24, 2.45) is 0 Å². The van der Waals surface area contributed by atoms with Crippen LogP contribution in [0.5, 0.6) is 11.5 Å². The quantitative estimate of drug-likeness (QED) is 0.410. The molecule has 5 rings (SSSR count). The number of carbonyl (C=O) groups excluding carboxylic acids is 3. The first-order chi connectivity index (χ1) is 20.1. The molecule has 10 heteroatoms. The molecule has 2 amide bonds. The van der Waals surface area contributed by atoms with Gasteiger partial charge in [0.1, 0.15) is 23.6 Å². The Hall–Kier alpha value is -4.57. The fourth-order valence-corrected chi connectivity index (χ4v) is 5.21. The Morgan fingerprint density at radius 2 is 1.69 bits per heavy atom. The molecule has 0 atom stereocenters. The lowest BCUT2D eigenvalue weighted by Gasteiger charge is -2.39. The molecule has 42 heavy (non-hydrogen) atoms. The number of aryl methyl sites for hydroxylation is 1. The van der Waals surface area contributed by atoms with E-state index in [9.17, 15) is 14.4 Å². The Balaban J connectivity index is 1.52. The van der Waals surface area contributed by atoms with Crippen LogP contribution in [0.2, 0.25) is 0 Å². The third kappa shape index (κ3) is 5.75. The minimum Gasteiger partial charge on any atom is -0.496 e. The molecular formula is C32H35N3O7. The maximum atomic E-state index is 13.3. The number of esters is 1. The van der Waals surface area contributed by atoms with Crippen LogP contribution in [0.25, 0.3) is 11.1 Å². The van der Waals surface area contributed by atoms with Gasteiger partial charge >= 0.3 is 12.1 Å². The average Bonchev–Trinajstić information content (AvgIpc) is 2.99. The van der Waals surface area contributed by atoms with Gasteiger partial charge in [-0.2, -0.15) is 0 Å². The van der Waals surface area contributed by atoms with E-state index in [0.29, 0.717) is 65.7 Å². The molecule has 1 fully saturated rings. The van der Waals surface area contributed by atoms with Crippen molar-refractivity contribution in [1.29, 1.82) is 0 Å². The van der Waals surface area contributed by atoms with Gasteiger partial charge in [0.2, 0.25) is 0 Å². The standard InChI is InChI=1S/C32H35N3O7/c1-20-6-8-21(9-7-20)29(36)41-19-25-23(12-13-26-28(25)34(4)30(37)32(2,3)33-26)24-11-10-22(18-27(24)39-5)42-31(38)35-14-16-40-17-15-35/h6-13,18,33H,14-17,19H2,1-5H3. The van der Waals surface area contributed by atoms with Crippen LogP contribution in [-0.2, 0) is 20.9 Å². The number of ether oxygens (including phenoxy) is 4. The van der Waals surface area contributed by atoms with Gasteiger partial charge in [0.15, 0.2) is 0 Å². The summed E-state index contributed by atoms with van der Waals surface area (Å²) in [5.41, 5.74) is 4.01. The number of nitrogens with one attached hydrogen (secondary N) is 1. The first kappa shape index (κ1) is 28.9. The Bertz CT molecular complexity index is 1510. The van der Waals surface area contributed by atoms with Crippen LogP contribution in [0.3, 0.4) is 0 Å². The van der Waals surface area contributed by atoms with E-state index < -0.39 is 17.6 Å². The Labute approximate surface area is 245 Å². The monoisotopic (exact) mass is 573 g/mol. The van der Waals surface area contributed by atoms with Gasteiger partial charge in [0.25, 0.3) is 5.91 Å². The van der Waals surface area contributed by atoms with E-state index in [1.54, 1.807) is 47.2 Å². The highest BCUT2D eigenvalue weighted by molar-refractivity contribution is 6.09. The van der Waals surface area contributed by atoms with Gasteiger partial charge in [-0.15, -0.1) is 0 Å². The maximum absolute atomic E-state index is 13.3. The molecule has 0 saturated carbocycles. The largest absolute Gasteiger partial charge is 0.496 e. The second-order valence-electron chi connectivity index (χ2n) is 10.9. The molecule has 1 saturated heterocycles. The number of hydrogen-bond donors (Lipinski definition) is 1. The number of amides is 2. The summed E-state index contributed by atoms with van der Waals surface area (Å²) < 4.78 is 22.5. The van der Waals surface area contributed by atoms with Gasteiger partial charge in [-0.3, -0.25) is 4.79 Å². The van der Waals surface area contributed by atoms with Crippen molar-refractivity contribution in [2.45, 2.75) is 32.9 Å². The molecule has 10 nitrogen and oxygen atoms in total. The molecule has 2 aliphatic heterocycles. The number of benzene rings is 3. The van der Waals surface area contributed by atoms with Crippen molar-refractivity contribution >= 4 is 29.3 Å². The van der Waals surface area contributed by atoms with Gasteiger partial charge in [0, 0.05) is 37.3 Å². The lowest BCUT2D eigenvalue weighted by Crippen LogP contribution is -2.52. The summed E-state index contributed by atoms with van der Waals surface area (Å²) in [5.74, 6) is 0.170. The van der Waals surface area contributed by atoms with E-state index in [0.717, 1.165) is 11.3 Å². The lowest BCUT2D eigenvalue weighted by molar-refractivity contribution is -0.121. The number of carbonyl (C=O) groups is 3. The molecule has 3 aromatic rings. The molecular weight excluding hydrogens is 538 g/mol. The number of anilines is 2. The molecule has 2 heterocycles. The summed E-state index contributed by atoms with van der Waals surface area (Å²) in [5, 5.41) is 3.32. The second-order valence-corrected chi connectivity index (χ2v) is 10.9. The van der Waals surface area contributed by atoms with Crippen LogP contribution in [0.15, 0.2) is 54.6 Å². The average molecular weight is 574 g/mol. The molecule has 3 aromatic carbocycles. The van der Waals surface area contributed by atoms with Crippen LogP contribution in [0, 0.1) is 6.92 Å². The molecule has 0 unspecified atom stereocenters. The minimum atomic E-state index is -0.817. The maximum Gasteiger partial charge on any atom is 0.415 e. The summed E-state index contributed by atoms with van der Waals surface area (Å²) in [4.78, 5) is 42.1. The molecule has 2 aliphatic rings. The number of fused-ring (bicyclic) bond motifs is 1. The zero-order chi connectivity index (χ0) is 30.0. The highest BCUT2D eigenvalue weighted by Crippen LogP contribution is 2.45. The first-order valence-electron chi connectivity index (χ1n) is 13.8. The van der Waals surface area contributed by atoms with Gasteiger partial charge in [-0.05, 0) is 56.7 Å². The normalized spacial score (nSPS) is 15.9. The van der Waals surface area contributed by atoms with E-state index in [4.69, 9.17) is 18.9 Å².